The third kappa shape index (κ3) is 2.67. The second kappa shape index (κ2) is 5.71. The summed E-state index contributed by atoms with van der Waals surface area (Å²) in [6, 6.07) is 12.7. The van der Waals surface area contributed by atoms with Gasteiger partial charge in [-0.25, -0.2) is 0 Å². The molecule has 0 saturated heterocycles. The molecule has 0 bridgehead atoms. The summed E-state index contributed by atoms with van der Waals surface area (Å²) in [4.78, 5) is 10.2. The van der Waals surface area contributed by atoms with Crippen molar-refractivity contribution in [2.24, 2.45) is 0 Å². The Balaban J connectivity index is 2.39. The van der Waals surface area contributed by atoms with Crippen LogP contribution in [0.25, 0.3) is 0 Å². The number of para-hydroxylation sites is 1. The molecule has 2 aromatic carbocycles. The molecule has 0 aliphatic carbocycles. The number of nitro benzene ring substituents is 1. The Hall–Kier alpha value is -3.07. The van der Waals surface area contributed by atoms with E-state index >= 15 is 0 Å². The lowest BCUT2D eigenvalue weighted by atomic mass is 10.2. The monoisotopic (exact) mass is 270 g/mol. The van der Waals surface area contributed by atoms with Gasteiger partial charge in [-0.2, -0.15) is 5.26 Å². The van der Waals surface area contributed by atoms with Crippen LogP contribution in [0.1, 0.15) is 5.56 Å². The Bertz CT molecular complexity index is 692. The van der Waals surface area contributed by atoms with Gasteiger partial charge in [0.15, 0.2) is 11.5 Å². The third-order valence-electron chi connectivity index (χ3n) is 2.59. The summed E-state index contributed by atoms with van der Waals surface area (Å²) < 4.78 is 10.7. The molecule has 100 valence electrons. The first-order chi connectivity index (χ1) is 9.65. The van der Waals surface area contributed by atoms with Gasteiger partial charge in [-0.3, -0.25) is 10.1 Å². The highest BCUT2D eigenvalue weighted by Crippen LogP contribution is 2.35. The predicted octanol–water partition coefficient (Wildman–Crippen LogP) is 3.27. The number of nitriles is 1. The molecule has 6 heteroatoms. The molecule has 0 heterocycles. The van der Waals surface area contributed by atoms with Crippen molar-refractivity contribution in [2.45, 2.75) is 0 Å². The lowest BCUT2D eigenvalue weighted by Crippen LogP contribution is -1.94. The van der Waals surface area contributed by atoms with Gasteiger partial charge < -0.3 is 9.47 Å². The summed E-state index contributed by atoms with van der Waals surface area (Å²) in [5.41, 5.74) is 0.274. The third-order valence-corrected chi connectivity index (χ3v) is 2.59. The number of non-ortho nitro benzene ring substituents is 1. The van der Waals surface area contributed by atoms with E-state index in [0.29, 0.717) is 17.1 Å². The van der Waals surface area contributed by atoms with Gasteiger partial charge in [0.1, 0.15) is 11.8 Å². The maximum atomic E-state index is 10.7. The second-order valence-electron chi connectivity index (χ2n) is 3.80. The van der Waals surface area contributed by atoms with Crippen LogP contribution in [-0.2, 0) is 0 Å². The van der Waals surface area contributed by atoms with E-state index in [-0.39, 0.29) is 11.4 Å². The van der Waals surface area contributed by atoms with Gasteiger partial charge in [0.25, 0.3) is 5.69 Å². The van der Waals surface area contributed by atoms with E-state index < -0.39 is 4.92 Å². The van der Waals surface area contributed by atoms with Crippen molar-refractivity contribution < 1.29 is 14.4 Å². The maximum absolute atomic E-state index is 10.7. The highest BCUT2D eigenvalue weighted by molar-refractivity contribution is 5.52. The van der Waals surface area contributed by atoms with Crippen LogP contribution in [0, 0.1) is 21.4 Å². The molecule has 0 amide bonds. The zero-order valence-electron chi connectivity index (χ0n) is 10.6. The van der Waals surface area contributed by atoms with E-state index in [1.54, 1.807) is 24.3 Å². The maximum Gasteiger partial charge on any atom is 0.273 e. The Morgan fingerprint density at radius 2 is 1.90 bits per heavy atom. The van der Waals surface area contributed by atoms with Crippen molar-refractivity contribution in [3.63, 3.8) is 0 Å². The molecule has 0 aliphatic rings. The van der Waals surface area contributed by atoms with E-state index in [2.05, 4.69) is 0 Å². The number of hydrogen-bond donors (Lipinski definition) is 0. The van der Waals surface area contributed by atoms with Crippen LogP contribution in [0.4, 0.5) is 5.69 Å². The zero-order valence-corrected chi connectivity index (χ0v) is 10.6. The average Bonchev–Trinajstić information content (AvgIpc) is 2.48. The van der Waals surface area contributed by atoms with Crippen LogP contribution in [0.3, 0.4) is 0 Å². The molecule has 0 spiro atoms. The molecule has 0 unspecified atom stereocenters. The predicted molar refractivity (Wildman–Crippen MR) is 70.9 cm³/mol. The van der Waals surface area contributed by atoms with E-state index in [1.807, 2.05) is 6.07 Å². The van der Waals surface area contributed by atoms with Gasteiger partial charge in [0, 0.05) is 6.07 Å². The Morgan fingerprint density at radius 3 is 2.55 bits per heavy atom. The minimum absolute atomic E-state index is 0.0947. The summed E-state index contributed by atoms with van der Waals surface area (Å²) in [7, 11) is 1.39. The van der Waals surface area contributed by atoms with Crippen LogP contribution in [0.15, 0.2) is 42.5 Å². The molecular formula is C14H10N2O4. The van der Waals surface area contributed by atoms with Gasteiger partial charge in [-0.05, 0) is 18.2 Å². The summed E-state index contributed by atoms with van der Waals surface area (Å²) in [5.74, 6) is 0.898. The lowest BCUT2D eigenvalue weighted by molar-refractivity contribution is -0.384. The standard InChI is InChI=1S/C14H10N2O4/c1-19-14-8-11(16(17)18)6-7-13(14)20-12-5-3-2-4-10(12)9-15/h2-8H,1H3. The fourth-order valence-electron chi connectivity index (χ4n) is 1.62. The Kier molecular flexibility index (Phi) is 3.82. The number of benzene rings is 2. The highest BCUT2D eigenvalue weighted by Gasteiger charge is 2.14. The van der Waals surface area contributed by atoms with Crippen LogP contribution in [-0.4, -0.2) is 12.0 Å². The number of nitrogens with zero attached hydrogens (tertiary/aromatic N) is 2. The first-order valence-corrected chi connectivity index (χ1v) is 5.65. The van der Waals surface area contributed by atoms with Gasteiger partial charge >= 0.3 is 0 Å². The number of rotatable bonds is 4. The van der Waals surface area contributed by atoms with Gasteiger partial charge in [0.2, 0.25) is 0 Å². The van der Waals surface area contributed by atoms with E-state index in [4.69, 9.17) is 14.7 Å². The van der Waals surface area contributed by atoms with Crippen LogP contribution >= 0.6 is 0 Å². The molecule has 0 fully saturated rings. The number of ether oxygens (including phenoxy) is 2. The van der Waals surface area contributed by atoms with Crippen LogP contribution in [0.5, 0.6) is 17.2 Å². The van der Waals surface area contributed by atoms with Crippen molar-refractivity contribution in [3.05, 3.63) is 58.1 Å². The average molecular weight is 270 g/mol. The highest BCUT2D eigenvalue weighted by atomic mass is 16.6. The molecule has 0 atom stereocenters. The van der Waals surface area contributed by atoms with Crippen molar-refractivity contribution in [2.75, 3.05) is 7.11 Å². The minimum Gasteiger partial charge on any atom is -0.493 e. The Morgan fingerprint density at radius 1 is 1.15 bits per heavy atom. The van der Waals surface area contributed by atoms with Crippen molar-refractivity contribution >= 4 is 5.69 Å². The second-order valence-corrected chi connectivity index (χ2v) is 3.80. The fraction of sp³-hybridized carbons (Fsp3) is 0.0714. The molecule has 0 saturated carbocycles. The smallest absolute Gasteiger partial charge is 0.273 e. The molecule has 0 N–H and O–H groups in total. The normalized spacial score (nSPS) is 9.60. The summed E-state index contributed by atoms with van der Waals surface area (Å²) in [5, 5.41) is 19.7. The van der Waals surface area contributed by atoms with Crippen LogP contribution in [0.2, 0.25) is 0 Å². The molecular weight excluding hydrogens is 260 g/mol. The molecule has 0 aliphatic heterocycles. The lowest BCUT2D eigenvalue weighted by Gasteiger charge is -2.10. The SMILES string of the molecule is COc1cc([N+](=O)[O-])ccc1Oc1ccccc1C#N. The van der Waals surface area contributed by atoms with E-state index in [0.717, 1.165) is 0 Å². The number of hydrogen-bond acceptors (Lipinski definition) is 5. The van der Waals surface area contributed by atoms with Gasteiger partial charge in [-0.1, -0.05) is 12.1 Å². The first kappa shape index (κ1) is 13.4. The largest absolute Gasteiger partial charge is 0.493 e. The molecule has 0 radical (unpaired) electrons. The van der Waals surface area contributed by atoms with E-state index in [1.165, 1.54) is 25.3 Å². The quantitative estimate of drug-likeness (QED) is 0.628. The molecule has 2 rings (SSSR count). The van der Waals surface area contributed by atoms with Gasteiger partial charge in [0.05, 0.1) is 23.7 Å². The molecule has 6 nitrogen and oxygen atoms in total. The Labute approximate surface area is 114 Å². The first-order valence-electron chi connectivity index (χ1n) is 5.65. The minimum atomic E-state index is -0.518. The van der Waals surface area contributed by atoms with Crippen LogP contribution < -0.4 is 9.47 Å². The molecule has 2 aromatic rings. The molecule has 0 aromatic heterocycles. The summed E-state index contributed by atoms with van der Waals surface area (Å²) in [6.07, 6.45) is 0. The summed E-state index contributed by atoms with van der Waals surface area (Å²) in [6.45, 7) is 0. The summed E-state index contributed by atoms with van der Waals surface area (Å²) >= 11 is 0. The zero-order chi connectivity index (χ0) is 14.5. The van der Waals surface area contributed by atoms with Crippen molar-refractivity contribution in [3.8, 4) is 23.3 Å². The van der Waals surface area contributed by atoms with Crippen molar-refractivity contribution in [1.29, 1.82) is 5.26 Å². The van der Waals surface area contributed by atoms with Crippen molar-refractivity contribution in [1.82, 2.24) is 0 Å². The number of nitro groups is 1. The number of methoxy groups -OCH3 is 1. The molecule has 20 heavy (non-hydrogen) atoms. The van der Waals surface area contributed by atoms with E-state index in [9.17, 15) is 10.1 Å². The van der Waals surface area contributed by atoms with Gasteiger partial charge in [-0.15, -0.1) is 0 Å². The fourth-order valence-corrected chi connectivity index (χ4v) is 1.62. The topological polar surface area (TPSA) is 85.4 Å².